The van der Waals surface area contributed by atoms with E-state index in [0.717, 1.165) is 23.9 Å². The standard InChI is InChI=1S/C16H33N/c1-5-7-11-15(9-6-2)17-16-12-8-10-13(3)14(16)4/h13-17H,5-12H2,1-4H3. The van der Waals surface area contributed by atoms with Gasteiger partial charge >= 0.3 is 0 Å². The summed E-state index contributed by atoms with van der Waals surface area (Å²) in [5.74, 6) is 1.78. The van der Waals surface area contributed by atoms with Gasteiger partial charge in [0.1, 0.15) is 0 Å². The third-order valence-electron chi connectivity index (χ3n) is 4.70. The minimum Gasteiger partial charge on any atom is -0.311 e. The molecular formula is C16H33N. The first kappa shape index (κ1) is 15.0. The van der Waals surface area contributed by atoms with Crippen LogP contribution in [0.2, 0.25) is 0 Å². The zero-order valence-electron chi connectivity index (χ0n) is 12.5. The predicted molar refractivity (Wildman–Crippen MR) is 77.3 cm³/mol. The summed E-state index contributed by atoms with van der Waals surface area (Å²) in [6.45, 7) is 9.49. The second kappa shape index (κ2) is 8.13. The number of rotatable bonds is 7. The van der Waals surface area contributed by atoms with Gasteiger partial charge in [-0.25, -0.2) is 0 Å². The topological polar surface area (TPSA) is 12.0 Å². The maximum Gasteiger partial charge on any atom is 0.00978 e. The van der Waals surface area contributed by atoms with E-state index in [0.29, 0.717) is 0 Å². The van der Waals surface area contributed by atoms with Crippen LogP contribution < -0.4 is 5.32 Å². The lowest BCUT2D eigenvalue weighted by Gasteiger charge is -2.37. The van der Waals surface area contributed by atoms with Crippen LogP contribution in [0.4, 0.5) is 0 Å². The normalized spacial score (nSPS) is 31.4. The highest BCUT2D eigenvalue weighted by Crippen LogP contribution is 2.30. The molecule has 1 nitrogen and oxygen atoms in total. The highest BCUT2D eigenvalue weighted by atomic mass is 15.0. The summed E-state index contributed by atoms with van der Waals surface area (Å²) < 4.78 is 0. The van der Waals surface area contributed by atoms with Gasteiger partial charge < -0.3 is 5.32 Å². The highest BCUT2D eigenvalue weighted by molar-refractivity contribution is 4.84. The monoisotopic (exact) mass is 239 g/mol. The molecule has 0 saturated heterocycles. The van der Waals surface area contributed by atoms with Crippen molar-refractivity contribution in [2.24, 2.45) is 11.8 Å². The van der Waals surface area contributed by atoms with E-state index in [9.17, 15) is 0 Å². The SMILES string of the molecule is CCCCC(CCC)NC1CCCC(C)C1C. The van der Waals surface area contributed by atoms with Crippen molar-refractivity contribution in [2.45, 2.75) is 91.1 Å². The van der Waals surface area contributed by atoms with Crippen molar-refractivity contribution in [1.29, 1.82) is 0 Å². The van der Waals surface area contributed by atoms with Gasteiger partial charge in [0.05, 0.1) is 0 Å². The molecule has 0 aromatic carbocycles. The van der Waals surface area contributed by atoms with Crippen LogP contribution in [0, 0.1) is 11.8 Å². The molecule has 17 heavy (non-hydrogen) atoms. The minimum atomic E-state index is 0.776. The van der Waals surface area contributed by atoms with Crippen molar-refractivity contribution < 1.29 is 0 Å². The molecule has 0 aromatic rings. The van der Waals surface area contributed by atoms with Crippen LogP contribution in [0.25, 0.3) is 0 Å². The molecule has 0 amide bonds. The quantitative estimate of drug-likeness (QED) is 0.675. The van der Waals surface area contributed by atoms with Crippen LogP contribution in [0.1, 0.15) is 79.1 Å². The molecule has 1 heteroatoms. The van der Waals surface area contributed by atoms with E-state index in [1.807, 2.05) is 0 Å². The molecule has 0 heterocycles. The lowest BCUT2D eigenvalue weighted by Crippen LogP contribution is -2.45. The second-order valence-corrected chi connectivity index (χ2v) is 6.17. The molecule has 0 radical (unpaired) electrons. The molecule has 1 rings (SSSR count). The van der Waals surface area contributed by atoms with Crippen LogP contribution >= 0.6 is 0 Å². The minimum absolute atomic E-state index is 0.776. The van der Waals surface area contributed by atoms with Crippen LogP contribution in [0.3, 0.4) is 0 Å². The van der Waals surface area contributed by atoms with E-state index in [1.54, 1.807) is 0 Å². The van der Waals surface area contributed by atoms with Gasteiger partial charge in [-0.05, 0) is 31.1 Å². The summed E-state index contributed by atoms with van der Waals surface area (Å²) in [5, 5.41) is 3.97. The third kappa shape index (κ3) is 4.99. The average Bonchev–Trinajstić information content (AvgIpc) is 2.32. The second-order valence-electron chi connectivity index (χ2n) is 6.17. The molecule has 1 saturated carbocycles. The Balaban J connectivity index is 2.41. The van der Waals surface area contributed by atoms with Gasteiger partial charge in [0.15, 0.2) is 0 Å². The Labute approximate surface area is 109 Å². The Bertz CT molecular complexity index is 190. The number of hydrogen-bond donors (Lipinski definition) is 1. The summed E-state index contributed by atoms with van der Waals surface area (Å²) >= 11 is 0. The van der Waals surface area contributed by atoms with Crippen molar-refractivity contribution in [1.82, 2.24) is 5.32 Å². The van der Waals surface area contributed by atoms with Gasteiger partial charge in [-0.3, -0.25) is 0 Å². The first-order chi connectivity index (χ1) is 8.19. The van der Waals surface area contributed by atoms with E-state index >= 15 is 0 Å². The smallest absolute Gasteiger partial charge is 0.00978 e. The number of nitrogens with one attached hydrogen (secondary N) is 1. The van der Waals surface area contributed by atoms with Gasteiger partial charge in [0.2, 0.25) is 0 Å². The lowest BCUT2D eigenvalue weighted by atomic mass is 9.77. The fourth-order valence-corrected chi connectivity index (χ4v) is 3.23. The zero-order valence-corrected chi connectivity index (χ0v) is 12.5. The molecule has 0 aliphatic heterocycles. The number of hydrogen-bond acceptors (Lipinski definition) is 1. The van der Waals surface area contributed by atoms with Crippen LogP contribution in [0.5, 0.6) is 0 Å². The molecule has 1 aliphatic rings. The summed E-state index contributed by atoms with van der Waals surface area (Å²) in [7, 11) is 0. The van der Waals surface area contributed by atoms with E-state index in [1.165, 1.54) is 51.4 Å². The fraction of sp³-hybridized carbons (Fsp3) is 1.00. The van der Waals surface area contributed by atoms with Crippen molar-refractivity contribution in [3.8, 4) is 0 Å². The summed E-state index contributed by atoms with van der Waals surface area (Å²) in [6, 6.07) is 1.56. The molecule has 1 N–H and O–H groups in total. The van der Waals surface area contributed by atoms with Crippen LogP contribution in [-0.4, -0.2) is 12.1 Å². The highest BCUT2D eigenvalue weighted by Gasteiger charge is 2.28. The van der Waals surface area contributed by atoms with Crippen molar-refractivity contribution >= 4 is 0 Å². The first-order valence-corrected chi connectivity index (χ1v) is 7.95. The molecule has 4 atom stereocenters. The zero-order chi connectivity index (χ0) is 12.7. The Morgan fingerprint density at radius 2 is 1.82 bits per heavy atom. The van der Waals surface area contributed by atoms with Gasteiger partial charge in [0, 0.05) is 12.1 Å². The van der Waals surface area contributed by atoms with Gasteiger partial charge in [-0.15, -0.1) is 0 Å². The summed E-state index contributed by atoms with van der Waals surface area (Å²) in [4.78, 5) is 0. The maximum absolute atomic E-state index is 3.97. The van der Waals surface area contributed by atoms with Gasteiger partial charge in [-0.1, -0.05) is 59.8 Å². The molecule has 0 aromatic heterocycles. The predicted octanol–water partition coefficient (Wildman–Crippen LogP) is 4.76. The molecule has 1 aliphatic carbocycles. The largest absolute Gasteiger partial charge is 0.311 e. The van der Waals surface area contributed by atoms with Gasteiger partial charge in [-0.2, -0.15) is 0 Å². The Morgan fingerprint density at radius 3 is 2.47 bits per heavy atom. The van der Waals surface area contributed by atoms with Crippen LogP contribution in [0.15, 0.2) is 0 Å². The molecule has 102 valence electrons. The Hall–Kier alpha value is -0.0400. The lowest BCUT2D eigenvalue weighted by molar-refractivity contribution is 0.187. The van der Waals surface area contributed by atoms with Crippen molar-refractivity contribution in [3.63, 3.8) is 0 Å². The maximum atomic E-state index is 3.97. The Kier molecular flexibility index (Phi) is 7.18. The van der Waals surface area contributed by atoms with Crippen molar-refractivity contribution in [2.75, 3.05) is 0 Å². The van der Waals surface area contributed by atoms with Crippen LogP contribution in [-0.2, 0) is 0 Å². The van der Waals surface area contributed by atoms with Crippen molar-refractivity contribution in [3.05, 3.63) is 0 Å². The fourth-order valence-electron chi connectivity index (χ4n) is 3.23. The molecule has 1 fully saturated rings. The van der Waals surface area contributed by atoms with E-state index in [4.69, 9.17) is 0 Å². The third-order valence-corrected chi connectivity index (χ3v) is 4.70. The average molecular weight is 239 g/mol. The molecular weight excluding hydrogens is 206 g/mol. The Morgan fingerprint density at radius 1 is 1.06 bits per heavy atom. The first-order valence-electron chi connectivity index (χ1n) is 7.95. The summed E-state index contributed by atoms with van der Waals surface area (Å²) in [6.07, 6.45) is 11.0. The van der Waals surface area contributed by atoms with E-state index in [-0.39, 0.29) is 0 Å². The number of unbranched alkanes of at least 4 members (excludes halogenated alkanes) is 1. The van der Waals surface area contributed by atoms with E-state index < -0.39 is 0 Å². The van der Waals surface area contributed by atoms with Gasteiger partial charge in [0.25, 0.3) is 0 Å². The molecule has 0 spiro atoms. The summed E-state index contributed by atoms with van der Waals surface area (Å²) in [5.41, 5.74) is 0. The molecule has 4 unspecified atom stereocenters. The molecule has 0 bridgehead atoms. The van der Waals surface area contributed by atoms with E-state index in [2.05, 4.69) is 33.0 Å².